The van der Waals surface area contributed by atoms with Crippen molar-refractivity contribution in [2.75, 3.05) is 24.6 Å². The zero-order valence-corrected chi connectivity index (χ0v) is 23.6. The molecule has 0 radical (unpaired) electrons. The Balaban J connectivity index is 1.54. The van der Waals surface area contributed by atoms with Crippen molar-refractivity contribution >= 4 is 46.5 Å². The highest BCUT2D eigenvalue weighted by Crippen LogP contribution is 2.41. The first-order valence-corrected chi connectivity index (χ1v) is 14.1. The second-order valence-corrected chi connectivity index (χ2v) is 10.7. The van der Waals surface area contributed by atoms with Crippen LogP contribution >= 0.6 is 22.9 Å². The lowest BCUT2D eigenvalue weighted by Gasteiger charge is -2.37. The summed E-state index contributed by atoms with van der Waals surface area (Å²) in [6.45, 7) is 4.33. The third kappa shape index (κ3) is 5.64. The number of anilines is 1. The van der Waals surface area contributed by atoms with Crippen LogP contribution in [0.4, 0.5) is 14.6 Å². The quantitative estimate of drug-likeness (QED) is 0.292. The van der Waals surface area contributed by atoms with E-state index in [0.717, 1.165) is 6.07 Å². The summed E-state index contributed by atoms with van der Waals surface area (Å²) in [4.78, 5) is 44.4. The zero-order valence-electron chi connectivity index (χ0n) is 22.0. The second-order valence-electron chi connectivity index (χ2n) is 9.38. The van der Waals surface area contributed by atoms with E-state index >= 15 is 0 Å². The SMILES string of the molecule is CCOC(=O)C1=C(C2CCN(c3cnc(C)c(C(=O)O)n3)CC2)NC(c2nccs2)=NC1c1ccc(F)c(F)c1Cl. The van der Waals surface area contributed by atoms with Crippen molar-refractivity contribution in [3.05, 3.63) is 79.8 Å². The summed E-state index contributed by atoms with van der Waals surface area (Å²) >= 11 is 7.59. The van der Waals surface area contributed by atoms with Gasteiger partial charge in [-0.2, -0.15) is 0 Å². The molecular weight excluding hydrogens is 578 g/mol. The van der Waals surface area contributed by atoms with Gasteiger partial charge < -0.3 is 20.1 Å². The van der Waals surface area contributed by atoms with E-state index in [1.807, 2.05) is 4.90 Å². The summed E-state index contributed by atoms with van der Waals surface area (Å²) in [5.74, 6) is -3.53. The lowest BCUT2D eigenvalue weighted by atomic mass is 9.85. The van der Waals surface area contributed by atoms with E-state index in [2.05, 4.69) is 25.3 Å². The minimum atomic E-state index is -1.23. The maximum absolute atomic E-state index is 14.6. The number of carboxylic acid groups (broad SMARTS) is 1. The van der Waals surface area contributed by atoms with E-state index in [1.165, 1.54) is 17.4 Å². The number of allylic oxidation sites excluding steroid dienone is 1. The summed E-state index contributed by atoms with van der Waals surface area (Å²) in [6.07, 6.45) is 4.25. The van der Waals surface area contributed by atoms with Gasteiger partial charge in [-0.05, 0) is 32.8 Å². The number of carbonyl (C=O) groups is 2. The largest absolute Gasteiger partial charge is 0.476 e. The molecule has 5 rings (SSSR count). The lowest BCUT2D eigenvalue weighted by Crippen LogP contribution is -2.42. The first-order chi connectivity index (χ1) is 19.7. The molecule has 1 saturated heterocycles. The number of aliphatic imine (C=N–C) groups is 1. The molecule has 10 nitrogen and oxygen atoms in total. The highest BCUT2D eigenvalue weighted by Gasteiger charge is 2.38. The number of nitrogens with zero attached hydrogens (tertiary/aromatic N) is 5. The summed E-state index contributed by atoms with van der Waals surface area (Å²) in [5, 5.41) is 14.6. The van der Waals surface area contributed by atoms with Gasteiger partial charge in [-0.25, -0.2) is 28.3 Å². The maximum atomic E-state index is 14.6. The molecule has 3 aromatic rings. The third-order valence-electron chi connectivity index (χ3n) is 6.94. The third-order valence-corrected chi connectivity index (χ3v) is 8.10. The van der Waals surface area contributed by atoms with Crippen LogP contribution in [-0.4, -0.2) is 57.5 Å². The van der Waals surface area contributed by atoms with Gasteiger partial charge in [0, 0.05) is 41.8 Å². The number of hydrogen-bond acceptors (Lipinski definition) is 10. The molecular formula is C27H25ClF2N6O4S. The van der Waals surface area contributed by atoms with Gasteiger partial charge in [-0.3, -0.25) is 9.98 Å². The van der Waals surface area contributed by atoms with Gasteiger partial charge in [0.05, 0.1) is 29.1 Å². The molecule has 2 aromatic heterocycles. The minimum Gasteiger partial charge on any atom is -0.476 e. The van der Waals surface area contributed by atoms with Gasteiger partial charge in [0.1, 0.15) is 11.9 Å². The number of piperidine rings is 1. The monoisotopic (exact) mass is 602 g/mol. The predicted molar refractivity (Wildman–Crippen MR) is 148 cm³/mol. The van der Waals surface area contributed by atoms with E-state index in [1.54, 1.807) is 31.6 Å². The molecule has 214 valence electrons. The van der Waals surface area contributed by atoms with Gasteiger partial charge in [-0.1, -0.05) is 17.7 Å². The Hall–Kier alpha value is -3.97. The molecule has 41 heavy (non-hydrogen) atoms. The van der Waals surface area contributed by atoms with Crippen molar-refractivity contribution in [2.24, 2.45) is 10.9 Å². The number of thiazole rings is 1. The fraction of sp³-hybridized carbons (Fsp3) is 0.333. The van der Waals surface area contributed by atoms with Crippen molar-refractivity contribution in [2.45, 2.75) is 32.7 Å². The fourth-order valence-electron chi connectivity index (χ4n) is 4.94. The van der Waals surface area contributed by atoms with E-state index in [-0.39, 0.29) is 29.4 Å². The normalized spacial score (nSPS) is 17.7. The number of aromatic nitrogens is 3. The average Bonchev–Trinajstić information content (AvgIpc) is 3.51. The molecule has 1 fully saturated rings. The number of aryl methyl sites for hydroxylation is 1. The summed E-state index contributed by atoms with van der Waals surface area (Å²) in [6, 6.07) is 1.19. The van der Waals surface area contributed by atoms with Crippen molar-refractivity contribution < 1.29 is 28.2 Å². The summed E-state index contributed by atoms with van der Waals surface area (Å²) in [5.41, 5.74) is 1.02. The van der Waals surface area contributed by atoms with E-state index in [0.29, 0.717) is 54.0 Å². The molecule has 0 spiro atoms. The number of carbonyl (C=O) groups excluding carboxylic acids is 1. The first-order valence-electron chi connectivity index (χ1n) is 12.8. The number of esters is 1. The first kappa shape index (κ1) is 28.6. The van der Waals surface area contributed by atoms with E-state index in [9.17, 15) is 23.5 Å². The Labute approximate surface area is 242 Å². The molecule has 2 aliphatic rings. The highest BCUT2D eigenvalue weighted by atomic mass is 35.5. The van der Waals surface area contributed by atoms with Crippen LogP contribution in [0.15, 0.2) is 46.2 Å². The molecule has 0 saturated carbocycles. The average molecular weight is 603 g/mol. The van der Waals surface area contributed by atoms with Crippen LogP contribution in [0.5, 0.6) is 0 Å². The van der Waals surface area contributed by atoms with Crippen molar-refractivity contribution in [1.82, 2.24) is 20.3 Å². The lowest BCUT2D eigenvalue weighted by molar-refractivity contribution is -0.139. The highest BCUT2D eigenvalue weighted by molar-refractivity contribution is 7.11. The number of amidine groups is 1. The number of aromatic carboxylic acids is 1. The van der Waals surface area contributed by atoms with E-state index < -0.39 is 34.6 Å². The Kier molecular flexibility index (Phi) is 8.27. The molecule has 4 heterocycles. The molecule has 0 amide bonds. The molecule has 2 N–H and O–H groups in total. The van der Waals surface area contributed by atoms with Crippen LogP contribution < -0.4 is 10.2 Å². The second kappa shape index (κ2) is 11.9. The smallest absolute Gasteiger partial charge is 0.356 e. The van der Waals surface area contributed by atoms with Crippen LogP contribution in [-0.2, 0) is 9.53 Å². The Morgan fingerprint density at radius 2 is 2.00 bits per heavy atom. The Morgan fingerprint density at radius 1 is 1.24 bits per heavy atom. The number of rotatable bonds is 7. The topological polar surface area (TPSA) is 130 Å². The maximum Gasteiger partial charge on any atom is 0.356 e. The number of halogens is 3. The Morgan fingerprint density at radius 3 is 2.66 bits per heavy atom. The number of benzene rings is 1. The number of nitrogens with one attached hydrogen (secondary N) is 1. The van der Waals surface area contributed by atoms with Crippen LogP contribution in [0.3, 0.4) is 0 Å². The summed E-state index contributed by atoms with van der Waals surface area (Å²) < 4.78 is 34.0. The Bertz CT molecular complexity index is 1560. The molecule has 14 heteroatoms. The molecule has 1 atom stereocenters. The zero-order chi connectivity index (χ0) is 29.3. The van der Waals surface area contributed by atoms with Gasteiger partial charge in [0.15, 0.2) is 28.2 Å². The van der Waals surface area contributed by atoms with Gasteiger partial charge in [0.2, 0.25) is 0 Å². The molecule has 2 aliphatic heterocycles. The standard InChI is InChI=1S/C27H25ClF2N6O4S/c1-3-40-27(39)18-22(14-6-9-36(10-7-14)17-12-32-13(2)21(33-17)26(37)38)34-24(25-31-8-11-41-25)35-23(18)15-4-5-16(29)20(30)19(15)28/h4-5,8,11-12,14,23H,3,6-7,9-10H2,1-2H3,(H,34,35)(H,37,38). The van der Waals surface area contributed by atoms with Crippen molar-refractivity contribution in [1.29, 1.82) is 0 Å². The number of hydrogen-bond donors (Lipinski definition) is 2. The van der Waals surface area contributed by atoms with Crippen LogP contribution in [0.2, 0.25) is 5.02 Å². The van der Waals surface area contributed by atoms with Crippen molar-refractivity contribution in [3.63, 3.8) is 0 Å². The van der Waals surface area contributed by atoms with Gasteiger partial charge in [-0.15, -0.1) is 11.3 Å². The molecule has 0 bridgehead atoms. The van der Waals surface area contributed by atoms with Crippen LogP contribution in [0.1, 0.15) is 52.6 Å². The minimum absolute atomic E-state index is 0.0906. The van der Waals surface area contributed by atoms with Gasteiger partial charge in [0.25, 0.3) is 0 Å². The van der Waals surface area contributed by atoms with Crippen LogP contribution in [0.25, 0.3) is 0 Å². The van der Waals surface area contributed by atoms with E-state index in [4.69, 9.17) is 16.3 Å². The molecule has 1 unspecified atom stereocenters. The van der Waals surface area contributed by atoms with Crippen molar-refractivity contribution in [3.8, 4) is 0 Å². The molecule has 1 aromatic carbocycles. The van der Waals surface area contributed by atoms with Crippen LogP contribution in [0, 0.1) is 24.5 Å². The molecule has 0 aliphatic carbocycles. The number of carboxylic acids is 1. The van der Waals surface area contributed by atoms with Gasteiger partial charge >= 0.3 is 11.9 Å². The number of ether oxygens (including phenoxy) is 1. The summed E-state index contributed by atoms with van der Waals surface area (Å²) in [7, 11) is 0. The fourth-order valence-corrected chi connectivity index (χ4v) is 5.78. The predicted octanol–water partition coefficient (Wildman–Crippen LogP) is 4.70.